The smallest absolute Gasteiger partial charge is 0.257 e. The minimum Gasteiger partial charge on any atom is -0.306 e. The number of nitrogens with one attached hydrogen (secondary N) is 1. The second-order valence-corrected chi connectivity index (χ2v) is 8.18. The molecule has 1 amide bonds. The normalized spacial score (nSPS) is 10.8. The zero-order chi connectivity index (χ0) is 22.8. The minimum absolute atomic E-state index is 0.262. The molecule has 0 radical (unpaired) electrons. The van der Waals surface area contributed by atoms with Crippen LogP contribution in [0, 0.1) is 13.8 Å². The van der Waals surface area contributed by atoms with Crippen LogP contribution in [0.1, 0.15) is 21.6 Å². The van der Waals surface area contributed by atoms with Crippen molar-refractivity contribution in [1.29, 1.82) is 0 Å². The van der Waals surface area contributed by atoms with Crippen LogP contribution in [0.15, 0.2) is 77.6 Å². The SMILES string of the molecule is Cc1ccccc1C(=O)Nc1c(-c2ccc(Cl)cc2)c(=O)c(C)nn1-c1ccc(Cl)cc1. The zero-order valence-electron chi connectivity index (χ0n) is 17.4. The van der Waals surface area contributed by atoms with E-state index < -0.39 is 0 Å². The van der Waals surface area contributed by atoms with Gasteiger partial charge in [0.15, 0.2) is 0 Å². The van der Waals surface area contributed by atoms with Gasteiger partial charge >= 0.3 is 0 Å². The van der Waals surface area contributed by atoms with Gasteiger partial charge in [-0.15, -0.1) is 0 Å². The number of carbonyl (C=O) groups excluding carboxylic acids is 1. The highest BCUT2D eigenvalue weighted by atomic mass is 35.5. The molecular formula is C25H19Cl2N3O2. The van der Waals surface area contributed by atoms with Crippen LogP contribution >= 0.6 is 23.2 Å². The van der Waals surface area contributed by atoms with E-state index >= 15 is 0 Å². The number of anilines is 1. The molecule has 0 spiro atoms. The third kappa shape index (κ3) is 4.31. The van der Waals surface area contributed by atoms with Crippen LogP contribution in [0.25, 0.3) is 16.8 Å². The Bertz CT molecular complexity index is 1360. The summed E-state index contributed by atoms with van der Waals surface area (Å²) >= 11 is 12.1. The summed E-state index contributed by atoms with van der Waals surface area (Å²) in [7, 11) is 0. The molecule has 1 N–H and O–H groups in total. The Labute approximate surface area is 195 Å². The van der Waals surface area contributed by atoms with Crippen molar-refractivity contribution in [1.82, 2.24) is 9.78 Å². The topological polar surface area (TPSA) is 64.0 Å². The molecule has 5 nitrogen and oxygen atoms in total. The monoisotopic (exact) mass is 463 g/mol. The van der Waals surface area contributed by atoms with Gasteiger partial charge in [-0.05, 0) is 67.4 Å². The van der Waals surface area contributed by atoms with Crippen molar-refractivity contribution in [2.75, 3.05) is 5.32 Å². The Morgan fingerprint density at radius 1 is 0.875 bits per heavy atom. The van der Waals surface area contributed by atoms with Crippen LogP contribution in [0.2, 0.25) is 10.0 Å². The fourth-order valence-corrected chi connectivity index (χ4v) is 3.66. The van der Waals surface area contributed by atoms with Gasteiger partial charge in [-0.25, -0.2) is 4.68 Å². The highest BCUT2D eigenvalue weighted by Gasteiger charge is 2.21. The molecule has 3 aromatic carbocycles. The lowest BCUT2D eigenvalue weighted by Gasteiger charge is -2.19. The average Bonchev–Trinajstić information content (AvgIpc) is 2.78. The van der Waals surface area contributed by atoms with E-state index in [4.69, 9.17) is 23.2 Å². The summed E-state index contributed by atoms with van der Waals surface area (Å²) in [4.78, 5) is 26.4. The molecule has 1 heterocycles. The van der Waals surface area contributed by atoms with Crippen molar-refractivity contribution in [2.45, 2.75) is 13.8 Å². The van der Waals surface area contributed by atoms with Crippen molar-refractivity contribution in [3.05, 3.63) is 110 Å². The maximum absolute atomic E-state index is 13.2. The van der Waals surface area contributed by atoms with Gasteiger partial charge in [0, 0.05) is 15.6 Å². The van der Waals surface area contributed by atoms with Gasteiger partial charge < -0.3 is 5.32 Å². The zero-order valence-corrected chi connectivity index (χ0v) is 18.9. The van der Waals surface area contributed by atoms with E-state index in [9.17, 15) is 9.59 Å². The molecule has 0 saturated heterocycles. The number of amides is 1. The third-order valence-corrected chi connectivity index (χ3v) is 5.58. The van der Waals surface area contributed by atoms with Gasteiger partial charge in [-0.2, -0.15) is 5.10 Å². The van der Waals surface area contributed by atoms with Crippen LogP contribution in [0.4, 0.5) is 5.82 Å². The summed E-state index contributed by atoms with van der Waals surface area (Å²) < 4.78 is 1.55. The predicted molar refractivity (Wildman–Crippen MR) is 129 cm³/mol. The Morgan fingerprint density at radius 2 is 1.47 bits per heavy atom. The Hall–Kier alpha value is -3.41. The first-order valence-corrected chi connectivity index (χ1v) is 10.6. The quantitative estimate of drug-likeness (QED) is 0.399. The molecule has 0 bridgehead atoms. The molecule has 32 heavy (non-hydrogen) atoms. The fourth-order valence-electron chi connectivity index (χ4n) is 3.41. The van der Waals surface area contributed by atoms with Gasteiger partial charge in [-0.1, -0.05) is 53.5 Å². The fraction of sp³-hybridized carbons (Fsp3) is 0.0800. The number of hydrogen-bond donors (Lipinski definition) is 1. The van der Waals surface area contributed by atoms with Gasteiger partial charge in [-0.3, -0.25) is 9.59 Å². The molecule has 0 aliphatic heterocycles. The summed E-state index contributed by atoms with van der Waals surface area (Å²) in [6, 6.07) is 21.1. The molecule has 0 unspecified atom stereocenters. The van der Waals surface area contributed by atoms with Crippen molar-refractivity contribution in [3.63, 3.8) is 0 Å². The Balaban J connectivity index is 1.97. The van der Waals surface area contributed by atoms with Gasteiger partial charge in [0.1, 0.15) is 11.5 Å². The average molecular weight is 464 g/mol. The van der Waals surface area contributed by atoms with E-state index in [1.165, 1.54) is 0 Å². The lowest BCUT2D eigenvalue weighted by Crippen LogP contribution is -2.25. The molecule has 4 rings (SSSR count). The lowest BCUT2D eigenvalue weighted by molar-refractivity contribution is 0.102. The number of rotatable bonds is 4. The van der Waals surface area contributed by atoms with Crippen LogP contribution in [-0.4, -0.2) is 15.7 Å². The van der Waals surface area contributed by atoms with Crippen LogP contribution in [0.3, 0.4) is 0 Å². The molecule has 4 aromatic rings. The molecule has 0 aliphatic rings. The molecular weight excluding hydrogens is 445 g/mol. The maximum Gasteiger partial charge on any atom is 0.257 e. The van der Waals surface area contributed by atoms with Crippen molar-refractivity contribution < 1.29 is 4.79 Å². The number of carbonyl (C=O) groups is 1. The third-order valence-electron chi connectivity index (χ3n) is 5.08. The summed E-state index contributed by atoms with van der Waals surface area (Å²) in [5.74, 6) is -0.0791. The molecule has 7 heteroatoms. The molecule has 160 valence electrons. The van der Waals surface area contributed by atoms with E-state index in [0.717, 1.165) is 5.56 Å². The molecule has 1 aromatic heterocycles. The van der Waals surface area contributed by atoms with Crippen molar-refractivity contribution in [3.8, 4) is 16.8 Å². The Morgan fingerprint density at radius 3 is 2.09 bits per heavy atom. The minimum atomic E-state index is -0.342. The molecule has 0 atom stereocenters. The van der Waals surface area contributed by atoms with E-state index in [-0.39, 0.29) is 17.2 Å². The lowest BCUT2D eigenvalue weighted by atomic mass is 10.0. The first kappa shape index (κ1) is 21.8. The largest absolute Gasteiger partial charge is 0.306 e. The number of aryl methyl sites for hydroxylation is 2. The number of aromatic nitrogens is 2. The van der Waals surface area contributed by atoms with Crippen LogP contribution < -0.4 is 10.7 Å². The highest BCUT2D eigenvalue weighted by Crippen LogP contribution is 2.29. The number of nitrogens with zero attached hydrogens (tertiary/aromatic N) is 2. The van der Waals surface area contributed by atoms with E-state index in [2.05, 4.69) is 10.4 Å². The van der Waals surface area contributed by atoms with Gasteiger partial charge in [0.25, 0.3) is 5.91 Å². The second-order valence-electron chi connectivity index (χ2n) is 7.30. The molecule has 0 saturated carbocycles. The number of hydrogen-bond acceptors (Lipinski definition) is 3. The van der Waals surface area contributed by atoms with E-state index in [1.807, 2.05) is 19.1 Å². The maximum atomic E-state index is 13.2. The molecule has 0 fully saturated rings. The summed E-state index contributed by atoms with van der Waals surface area (Å²) in [5.41, 5.74) is 2.92. The molecule has 0 aliphatic carbocycles. The van der Waals surface area contributed by atoms with Crippen LogP contribution in [0.5, 0.6) is 0 Å². The van der Waals surface area contributed by atoms with E-state index in [1.54, 1.807) is 72.3 Å². The second kappa shape index (κ2) is 8.99. The van der Waals surface area contributed by atoms with Crippen molar-refractivity contribution in [2.24, 2.45) is 0 Å². The standard InChI is InChI=1S/C25H19Cl2N3O2/c1-15-5-3-4-6-21(15)25(32)28-24-22(17-7-9-18(26)10-8-17)23(31)16(2)29-30(24)20-13-11-19(27)12-14-20/h3-14H,1-2H3,(H,28,32). The van der Waals surface area contributed by atoms with E-state index in [0.29, 0.717) is 38.1 Å². The summed E-state index contributed by atoms with van der Waals surface area (Å²) in [6.07, 6.45) is 0. The first-order chi connectivity index (χ1) is 15.3. The van der Waals surface area contributed by atoms with Crippen molar-refractivity contribution >= 4 is 34.9 Å². The van der Waals surface area contributed by atoms with Gasteiger partial charge in [0.2, 0.25) is 5.43 Å². The number of benzene rings is 3. The van der Waals surface area contributed by atoms with Crippen LogP contribution in [-0.2, 0) is 0 Å². The Kier molecular flexibility index (Phi) is 6.12. The predicted octanol–water partition coefficient (Wildman–Crippen LogP) is 6.08. The summed E-state index contributed by atoms with van der Waals surface area (Å²) in [6.45, 7) is 3.50. The summed E-state index contributed by atoms with van der Waals surface area (Å²) in [5, 5.41) is 8.50. The highest BCUT2D eigenvalue weighted by molar-refractivity contribution is 6.30. The number of halogens is 2. The van der Waals surface area contributed by atoms with Gasteiger partial charge in [0.05, 0.1) is 11.3 Å². The first-order valence-electron chi connectivity index (χ1n) is 9.88.